The van der Waals surface area contributed by atoms with E-state index in [2.05, 4.69) is 15.3 Å². The van der Waals surface area contributed by atoms with Crippen LogP contribution in [0, 0.1) is 5.82 Å². The fourth-order valence-electron chi connectivity index (χ4n) is 4.92. The SMILES string of the molecule is CC(=O)c1cn(CC(=O)N2CC(=C(F)F)C[C@H]2C(=O)NCc2cccc(Cl)c2F)c2ccc(-c3cncnc3)cc12. The van der Waals surface area contributed by atoms with Gasteiger partial charge in [-0.15, -0.1) is 0 Å². The van der Waals surface area contributed by atoms with E-state index < -0.39 is 36.3 Å². The zero-order chi connectivity index (χ0) is 29.3. The Hall–Kier alpha value is -4.51. The number of amides is 2. The number of nitrogens with one attached hydrogen (secondary N) is 1. The van der Waals surface area contributed by atoms with Crippen molar-refractivity contribution in [1.29, 1.82) is 0 Å². The fraction of sp³-hybridized carbons (Fsp3) is 0.207. The molecule has 0 unspecified atom stereocenters. The minimum Gasteiger partial charge on any atom is -0.350 e. The molecule has 41 heavy (non-hydrogen) atoms. The van der Waals surface area contributed by atoms with Gasteiger partial charge in [-0.05, 0) is 30.7 Å². The third-order valence-electron chi connectivity index (χ3n) is 7.01. The van der Waals surface area contributed by atoms with E-state index in [1.165, 1.54) is 37.6 Å². The predicted octanol–water partition coefficient (Wildman–Crippen LogP) is 5.16. The van der Waals surface area contributed by atoms with Crippen LogP contribution in [-0.2, 0) is 22.7 Å². The maximum atomic E-state index is 14.3. The summed E-state index contributed by atoms with van der Waals surface area (Å²) < 4.78 is 42.9. The molecule has 1 N–H and O–H groups in total. The minimum atomic E-state index is -1.96. The Balaban J connectivity index is 1.40. The van der Waals surface area contributed by atoms with Crippen LogP contribution >= 0.6 is 11.6 Å². The highest BCUT2D eigenvalue weighted by Crippen LogP contribution is 2.30. The first kappa shape index (κ1) is 28.0. The first-order chi connectivity index (χ1) is 19.6. The Bertz CT molecular complexity index is 1700. The molecule has 0 bridgehead atoms. The molecular weight excluding hydrogens is 559 g/mol. The molecule has 1 saturated heterocycles. The van der Waals surface area contributed by atoms with Crippen LogP contribution in [0.15, 0.2) is 73.0 Å². The van der Waals surface area contributed by atoms with Crippen molar-refractivity contribution in [3.05, 3.63) is 94.9 Å². The molecule has 2 amide bonds. The zero-order valence-electron chi connectivity index (χ0n) is 21.7. The monoisotopic (exact) mass is 581 g/mol. The van der Waals surface area contributed by atoms with E-state index in [0.29, 0.717) is 16.5 Å². The molecule has 0 saturated carbocycles. The summed E-state index contributed by atoms with van der Waals surface area (Å²) in [5.41, 5.74) is 2.25. The third kappa shape index (κ3) is 5.71. The van der Waals surface area contributed by atoms with Crippen molar-refractivity contribution in [2.24, 2.45) is 0 Å². The lowest BCUT2D eigenvalue weighted by Gasteiger charge is -2.24. The van der Waals surface area contributed by atoms with Gasteiger partial charge >= 0.3 is 0 Å². The van der Waals surface area contributed by atoms with Gasteiger partial charge in [0.1, 0.15) is 24.7 Å². The van der Waals surface area contributed by atoms with Gasteiger partial charge in [0.05, 0.1) is 5.02 Å². The molecule has 5 rings (SSSR count). The summed E-state index contributed by atoms with van der Waals surface area (Å²) in [6, 6.07) is 8.44. The summed E-state index contributed by atoms with van der Waals surface area (Å²) in [5.74, 6) is -2.22. The molecule has 2 aromatic carbocycles. The average molecular weight is 582 g/mol. The van der Waals surface area contributed by atoms with Gasteiger partial charge in [0.2, 0.25) is 11.8 Å². The molecular formula is C29H23ClF3N5O3. The van der Waals surface area contributed by atoms with E-state index in [-0.39, 0.29) is 41.5 Å². The lowest BCUT2D eigenvalue weighted by atomic mass is 10.0. The van der Waals surface area contributed by atoms with Gasteiger partial charge in [0, 0.05) is 71.3 Å². The van der Waals surface area contributed by atoms with Crippen LogP contribution < -0.4 is 5.32 Å². The minimum absolute atomic E-state index is 0.117. The van der Waals surface area contributed by atoms with Gasteiger partial charge in [0.15, 0.2) is 5.78 Å². The molecule has 0 spiro atoms. The van der Waals surface area contributed by atoms with Crippen molar-refractivity contribution < 1.29 is 27.6 Å². The second-order valence-electron chi connectivity index (χ2n) is 9.62. The lowest BCUT2D eigenvalue weighted by molar-refractivity contribution is -0.138. The highest BCUT2D eigenvalue weighted by molar-refractivity contribution is 6.30. The number of hydrogen-bond donors (Lipinski definition) is 1. The van der Waals surface area contributed by atoms with E-state index in [9.17, 15) is 27.6 Å². The Labute approximate surface area is 237 Å². The molecule has 3 heterocycles. The van der Waals surface area contributed by atoms with Crippen LogP contribution in [0.1, 0.15) is 29.3 Å². The summed E-state index contributed by atoms with van der Waals surface area (Å²) >= 11 is 5.80. The Morgan fingerprint density at radius 2 is 1.85 bits per heavy atom. The number of nitrogens with zero attached hydrogens (tertiary/aromatic N) is 4. The van der Waals surface area contributed by atoms with E-state index in [1.54, 1.807) is 35.2 Å². The topological polar surface area (TPSA) is 97.2 Å². The summed E-state index contributed by atoms with van der Waals surface area (Å²) in [7, 11) is 0. The quantitative estimate of drug-likeness (QED) is 0.304. The van der Waals surface area contributed by atoms with Gasteiger partial charge in [-0.1, -0.05) is 29.8 Å². The maximum absolute atomic E-state index is 14.3. The van der Waals surface area contributed by atoms with Crippen molar-refractivity contribution in [3.63, 3.8) is 0 Å². The van der Waals surface area contributed by atoms with E-state index in [4.69, 9.17) is 11.6 Å². The molecule has 210 valence electrons. The molecule has 12 heteroatoms. The Morgan fingerprint density at radius 3 is 2.56 bits per heavy atom. The number of fused-ring (bicyclic) bond motifs is 1. The number of likely N-dealkylation sites (tertiary alicyclic amines) is 1. The number of carbonyl (C=O) groups is 3. The van der Waals surface area contributed by atoms with E-state index in [0.717, 1.165) is 16.0 Å². The highest BCUT2D eigenvalue weighted by Gasteiger charge is 2.38. The van der Waals surface area contributed by atoms with Crippen LogP contribution in [0.25, 0.3) is 22.0 Å². The molecule has 2 aromatic heterocycles. The van der Waals surface area contributed by atoms with Gasteiger partial charge in [-0.25, -0.2) is 14.4 Å². The summed E-state index contributed by atoms with van der Waals surface area (Å²) in [5, 5.41) is 3.01. The second-order valence-corrected chi connectivity index (χ2v) is 10.0. The first-order valence-electron chi connectivity index (χ1n) is 12.6. The van der Waals surface area contributed by atoms with Crippen LogP contribution in [0.4, 0.5) is 13.2 Å². The van der Waals surface area contributed by atoms with Gasteiger partial charge in [-0.3, -0.25) is 14.4 Å². The van der Waals surface area contributed by atoms with Gasteiger partial charge in [0.25, 0.3) is 6.08 Å². The number of hydrogen-bond acceptors (Lipinski definition) is 5. The van der Waals surface area contributed by atoms with Gasteiger partial charge in [-0.2, -0.15) is 8.78 Å². The van der Waals surface area contributed by atoms with Crippen molar-refractivity contribution in [2.45, 2.75) is 32.5 Å². The van der Waals surface area contributed by atoms with Crippen LogP contribution in [0.3, 0.4) is 0 Å². The Morgan fingerprint density at radius 1 is 1.10 bits per heavy atom. The van der Waals surface area contributed by atoms with Crippen LogP contribution in [-0.4, -0.2) is 49.6 Å². The number of ketones is 1. The van der Waals surface area contributed by atoms with Gasteiger partial charge < -0.3 is 14.8 Å². The molecule has 8 nitrogen and oxygen atoms in total. The molecule has 0 radical (unpaired) electrons. The van der Waals surface area contributed by atoms with Crippen molar-refractivity contribution in [3.8, 4) is 11.1 Å². The van der Waals surface area contributed by atoms with E-state index in [1.807, 2.05) is 0 Å². The van der Waals surface area contributed by atoms with Crippen LogP contribution in [0.5, 0.6) is 0 Å². The normalized spacial score (nSPS) is 14.9. The molecule has 1 fully saturated rings. The number of aromatic nitrogens is 3. The average Bonchev–Trinajstić information content (AvgIpc) is 3.57. The van der Waals surface area contributed by atoms with Crippen molar-refractivity contribution >= 4 is 40.1 Å². The number of halogens is 4. The van der Waals surface area contributed by atoms with Crippen LogP contribution in [0.2, 0.25) is 5.02 Å². The number of rotatable bonds is 7. The Kier molecular flexibility index (Phi) is 7.89. The molecule has 4 aromatic rings. The second kappa shape index (κ2) is 11.5. The summed E-state index contributed by atoms with van der Waals surface area (Å²) in [4.78, 5) is 48.1. The lowest BCUT2D eigenvalue weighted by Crippen LogP contribution is -2.46. The smallest absolute Gasteiger partial charge is 0.271 e. The molecule has 1 atom stereocenters. The standard InChI is InChI=1S/C29H23ClF3N5O3/c1-16(39)22-13-37(24-6-5-17(7-21(22)24)20-9-34-15-35-10-20)14-26(40)38-12-19(28(32)33)8-25(38)29(41)36-11-18-3-2-4-23(30)27(18)31/h2-7,9-10,13,15,25H,8,11-12,14H2,1H3,(H,36,41)/t25-/m0/s1. The largest absolute Gasteiger partial charge is 0.350 e. The summed E-state index contributed by atoms with van der Waals surface area (Å²) in [6.45, 7) is 0.441. The molecule has 1 aliphatic rings. The number of benzene rings is 2. The van der Waals surface area contributed by atoms with E-state index >= 15 is 0 Å². The predicted molar refractivity (Wildman–Crippen MR) is 146 cm³/mol. The first-order valence-corrected chi connectivity index (χ1v) is 12.9. The maximum Gasteiger partial charge on any atom is 0.271 e. The number of Topliss-reactive ketones (excluding diaryl/α,β-unsaturated/α-hetero) is 1. The number of carbonyl (C=O) groups excluding carboxylic acids is 3. The summed E-state index contributed by atoms with van der Waals surface area (Å²) in [6.07, 6.45) is 3.90. The van der Waals surface area contributed by atoms with Crippen molar-refractivity contribution in [2.75, 3.05) is 6.54 Å². The highest BCUT2D eigenvalue weighted by atomic mass is 35.5. The fourth-order valence-corrected chi connectivity index (χ4v) is 5.11. The zero-order valence-corrected chi connectivity index (χ0v) is 22.5. The molecule has 0 aliphatic carbocycles. The molecule has 1 aliphatic heterocycles. The van der Waals surface area contributed by atoms with Crippen molar-refractivity contribution in [1.82, 2.24) is 24.8 Å². The third-order valence-corrected chi connectivity index (χ3v) is 7.30.